The summed E-state index contributed by atoms with van der Waals surface area (Å²) in [6, 6.07) is 11.9. The van der Waals surface area contributed by atoms with Gasteiger partial charge in [-0.1, -0.05) is 24.6 Å². The Bertz CT molecular complexity index is 774. The van der Waals surface area contributed by atoms with Gasteiger partial charge in [-0.15, -0.1) is 0 Å². The minimum absolute atomic E-state index is 0.286. The fraction of sp³-hybridized carbons (Fsp3) is 0.300. The molecule has 0 fully saturated rings. The van der Waals surface area contributed by atoms with E-state index >= 15 is 0 Å². The molecule has 0 saturated carbocycles. The van der Waals surface area contributed by atoms with Crippen molar-refractivity contribution in [1.82, 2.24) is 0 Å². The molecule has 138 valence electrons. The zero-order valence-corrected chi connectivity index (χ0v) is 15.8. The van der Waals surface area contributed by atoms with Gasteiger partial charge < -0.3 is 14.8 Å². The van der Waals surface area contributed by atoms with E-state index in [9.17, 15) is 9.59 Å². The van der Waals surface area contributed by atoms with Gasteiger partial charge in [0.05, 0.1) is 12.2 Å². The van der Waals surface area contributed by atoms with Gasteiger partial charge in [0.25, 0.3) is 5.91 Å². The van der Waals surface area contributed by atoms with Crippen LogP contribution in [0, 0.1) is 6.92 Å². The molecular formula is C20H22ClNO4. The van der Waals surface area contributed by atoms with E-state index in [0.29, 0.717) is 35.1 Å². The van der Waals surface area contributed by atoms with Gasteiger partial charge in [0, 0.05) is 10.7 Å². The Labute approximate surface area is 158 Å². The SMILES string of the molecule is CCOC(=O)c1ccc(C)c(NC(=O)[C@H](CC)Oc2ccc(Cl)cc2)c1. The molecule has 0 spiro atoms. The van der Waals surface area contributed by atoms with Crippen LogP contribution < -0.4 is 10.1 Å². The van der Waals surface area contributed by atoms with Crippen LogP contribution in [0.2, 0.25) is 5.02 Å². The number of rotatable bonds is 7. The van der Waals surface area contributed by atoms with Gasteiger partial charge in [-0.2, -0.15) is 0 Å². The molecule has 0 heterocycles. The molecule has 0 aliphatic rings. The van der Waals surface area contributed by atoms with Crippen LogP contribution in [-0.4, -0.2) is 24.6 Å². The van der Waals surface area contributed by atoms with Crippen LogP contribution in [0.5, 0.6) is 5.75 Å². The minimum Gasteiger partial charge on any atom is -0.481 e. The lowest BCUT2D eigenvalue weighted by Gasteiger charge is -2.18. The van der Waals surface area contributed by atoms with Gasteiger partial charge in [0.1, 0.15) is 5.75 Å². The van der Waals surface area contributed by atoms with Gasteiger partial charge in [0.2, 0.25) is 0 Å². The first-order valence-corrected chi connectivity index (χ1v) is 8.83. The van der Waals surface area contributed by atoms with Crippen molar-refractivity contribution in [3.63, 3.8) is 0 Å². The summed E-state index contributed by atoms with van der Waals surface area (Å²) in [4.78, 5) is 24.5. The molecule has 0 aromatic heterocycles. The number of hydrogen-bond donors (Lipinski definition) is 1. The van der Waals surface area contributed by atoms with E-state index in [1.165, 1.54) is 0 Å². The van der Waals surface area contributed by atoms with E-state index < -0.39 is 12.1 Å². The summed E-state index contributed by atoms with van der Waals surface area (Å²) < 4.78 is 10.7. The van der Waals surface area contributed by atoms with Crippen LogP contribution in [0.3, 0.4) is 0 Å². The third-order valence-corrected chi connectivity index (χ3v) is 4.01. The van der Waals surface area contributed by atoms with Crippen LogP contribution in [0.25, 0.3) is 0 Å². The van der Waals surface area contributed by atoms with Crippen LogP contribution in [0.1, 0.15) is 36.2 Å². The van der Waals surface area contributed by atoms with E-state index in [1.807, 2.05) is 13.8 Å². The highest BCUT2D eigenvalue weighted by atomic mass is 35.5. The number of aryl methyl sites for hydroxylation is 1. The normalized spacial score (nSPS) is 11.5. The number of anilines is 1. The third kappa shape index (κ3) is 5.23. The lowest BCUT2D eigenvalue weighted by Crippen LogP contribution is -2.32. The molecule has 2 rings (SSSR count). The van der Waals surface area contributed by atoms with E-state index in [4.69, 9.17) is 21.1 Å². The second-order valence-corrected chi connectivity index (χ2v) is 6.14. The first-order chi connectivity index (χ1) is 12.4. The van der Waals surface area contributed by atoms with E-state index in [-0.39, 0.29) is 5.91 Å². The van der Waals surface area contributed by atoms with Gasteiger partial charge in [-0.05, 0) is 62.2 Å². The Kier molecular flexibility index (Phi) is 7.04. The molecule has 0 aliphatic carbocycles. The fourth-order valence-electron chi connectivity index (χ4n) is 2.31. The monoisotopic (exact) mass is 375 g/mol. The maximum absolute atomic E-state index is 12.6. The molecule has 1 atom stereocenters. The Hall–Kier alpha value is -2.53. The Morgan fingerprint density at radius 1 is 1.12 bits per heavy atom. The molecule has 0 saturated heterocycles. The highest BCUT2D eigenvalue weighted by molar-refractivity contribution is 6.30. The lowest BCUT2D eigenvalue weighted by molar-refractivity contribution is -0.122. The zero-order valence-electron chi connectivity index (χ0n) is 15.0. The highest BCUT2D eigenvalue weighted by Gasteiger charge is 2.20. The van der Waals surface area contributed by atoms with Crippen LogP contribution in [0.4, 0.5) is 5.69 Å². The molecule has 0 aliphatic heterocycles. The summed E-state index contributed by atoms with van der Waals surface area (Å²) in [5, 5.41) is 3.43. The summed E-state index contributed by atoms with van der Waals surface area (Å²) in [5.41, 5.74) is 1.78. The summed E-state index contributed by atoms with van der Waals surface area (Å²) in [5.74, 6) is -0.146. The van der Waals surface area contributed by atoms with Crippen molar-refractivity contribution in [2.24, 2.45) is 0 Å². The van der Waals surface area contributed by atoms with Crippen LogP contribution in [0.15, 0.2) is 42.5 Å². The van der Waals surface area contributed by atoms with Crippen molar-refractivity contribution in [2.45, 2.75) is 33.3 Å². The van der Waals surface area contributed by atoms with Crippen molar-refractivity contribution < 1.29 is 19.1 Å². The number of halogens is 1. The van der Waals surface area contributed by atoms with Crippen molar-refractivity contribution in [1.29, 1.82) is 0 Å². The Morgan fingerprint density at radius 3 is 2.42 bits per heavy atom. The number of ether oxygens (including phenoxy) is 2. The van der Waals surface area contributed by atoms with E-state index in [2.05, 4.69) is 5.32 Å². The van der Waals surface area contributed by atoms with Gasteiger partial charge in [-0.25, -0.2) is 4.79 Å². The summed E-state index contributed by atoms with van der Waals surface area (Å²) in [7, 11) is 0. The zero-order chi connectivity index (χ0) is 19.1. The summed E-state index contributed by atoms with van der Waals surface area (Å²) in [6.45, 7) is 5.75. The quantitative estimate of drug-likeness (QED) is 0.717. The first kappa shape index (κ1) is 19.8. The van der Waals surface area contributed by atoms with E-state index in [0.717, 1.165) is 5.56 Å². The number of amides is 1. The van der Waals surface area contributed by atoms with Crippen LogP contribution >= 0.6 is 11.6 Å². The lowest BCUT2D eigenvalue weighted by atomic mass is 10.1. The average molecular weight is 376 g/mol. The molecule has 2 aromatic rings. The number of carbonyl (C=O) groups is 2. The summed E-state index contributed by atoms with van der Waals surface area (Å²) in [6.07, 6.45) is -0.174. The van der Waals surface area contributed by atoms with Crippen molar-refractivity contribution in [3.8, 4) is 5.75 Å². The molecule has 6 heteroatoms. The smallest absolute Gasteiger partial charge is 0.338 e. The van der Waals surface area contributed by atoms with Crippen molar-refractivity contribution >= 4 is 29.2 Å². The maximum Gasteiger partial charge on any atom is 0.338 e. The predicted octanol–water partition coefficient (Wildman–Crippen LogP) is 4.62. The number of nitrogens with one attached hydrogen (secondary N) is 1. The van der Waals surface area contributed by atoms with Crippen molar-refractivity contribution in [2.75, 3.05) is 11.9 Å². The molecule has 1 N–H and O–H groups in total. The largest absolute Gasteiger partial charge is 0.481 e. The number of esters is 1. The second-order valence-electron chi connectivity index (χ2n) is 5.71. The maximum atomic E-state index is 12.6. The van der Waals surface area contributed by atoms with Gasteiger partial charge >= 0.3 is 5.97 Å². The molecular weight excluding hydrogens is 354 g/mol. The average Bonchev–Trinajstić information content (AvgIpc) is 2.63. The molecule has 1 amide bonds. The topological polar surface area (TPSA) is 64.6 Å². The van der Waals surface area contributed by atoms with Crippen molar-refractivity contribution in [3.05, 3.63) is 58.6 Å². The molecule has 5 nitrogen and oxygen atoms in total. The molecule has 0 unspecified atom stereocenters. The fourth-order valence-corrected chi connectivity index (χ4v) is 2.44. The Balaban J connectivity index is 2.12. The molecule has 26 heavy (non-hydrogen) atoms. The second kappa shape index (κ2) is 9.25. The summed E-state index contributed by atoms with van der Waals surface area (Å²) >= 11 is 5.86. The van der Waals surface area contributed by atoms with E-state index in [1.54, 1.807) is 49.4 Å². The number of benzene rings is 2. The number of hydrogen-bond acceptors (Lipinski definition) is 4. The molecule has 0 radical (unpaired) electrons. The minimum atomic E-state index is -0.665. The van der Waals surface area contributed by atoms with Gasteiger partial charge in [0.15, 0.2) is 6.10 Å². The third-order valence-electron chi connectivity index (χ3n) is 3.76. The molecule has 0 bridgehead atoms. The molecule has 2 aromatic carbocycles. The number of carbonyl (C=O) groups excluding carboxylic acids is 2. The first-order valence-electron chi connectivity index (χ1n) is 8.45. The predicted molar refractivity (Wildman–Crippen MR) is 102 cm³/mol. The highest BCUT2D eigenvalue weighted by Crippen LogP contribution is 2.21. The standard InChI is InChI=1S/C20H22ClNO4/c1-4-18(26-16-10-8-15(21)9-11-16)19(23)22-17-12-14(7-6-13(17)3)20(24)25-5-2/h6-12,18H,4-5H2,1-3H3,(H,22,23)/t18-/m0/s1. The van der Waals surface area contributed by atoms with Crippen LogP contribution in [-0.2, 0) is 9.53 Å². The van der Waals surface area contributed by atoms with Gasteiger partial charge in [-0.3, -0.25) is 4.79 Å². The Morgan fingerprint density at radius 2 is 1.81 bits per heavy atom.